The number of hydrogen-bond donors (Lipinski definition) is 1. The molecule has 0 aliphatic carbocycles. The summed E-state index contributed by atoms with van der Waals surface area (Å²) in [5, 5.41) is 10.6. The minimum atomic E-state index is -0.719. The SMILES string of the molecule is C=C(C(=O)O)C(C(CCCCCCCCCCCC)CCCCCCCCCCCCC)C(CCCCCCCCCCCC)CCCCCCCCCCCCC. The molecule has 2 atom stereocenters. The highest BCUT2D eigenvalue weighted by Crippen LogP contribution is 2.40. The summed E-state index contributed by atoms with van der Waals surface area (Å²) >= 11 is 0. The van der Waals surface area contributed by atoms with Crippen LogP contribution in [-0.4, -0.2) is 11.1 Å². The number of unbranched alkanes of at least 4 members (excludes halogenated alkanes) is 38. The van der Waals surface area contributed by atoms with Gasteiger partial charge in [-0.2, -0.15) is 0 Å². The molecule has 0 amide bonds. The monoisotopic (exact) mass is 815 g/mol. The van der Waals surface area contributed by atoms with Gasteiger partial charge >= 0.3 is 5.97 Å². The first-order valence-electron chi connectivity index (χ1n) is 27.4. The summed E-state index contributed by atoms with van der Waals surface area (Å²) < 4.78 is 0. The Bertz CT molecular complexity index is 763. The largest absolute Gasteiger partial charge is 0.478 e. The molecule has 0 bridgehead atoms. The zero-order valence-corrected chi connectivity index (χ0v) is 40.8. The fourth-order valence-corrected chi connectivity index (χ4v) is 10.0. The predicted octanol–water partition coefficient (Wildman–Crippen LogP) is 20.5. The molecule has 0 aliphatic heterocycles. The molecule has 2 nitrogen and oxygen atoms in total. The van der Waals surface area contributed by atoms with E-state index in [0.29, 0.717) is 17.4 Å². The standard InChI is InChI=1S/C56H110O2/c1-6-10-14-18-22-26-30-34-38-42-46-50-53(48-44-40-36-32-28-24-20-16-12-8-3)55(52(5)56(57)58)54(49-45-41-37-33-29-25-21-17-13-9-4)51-47-43-39-35-31-27-23-19-15-11-7-2/h53-55H,5-51H2,1-4H3,(H,57,58). The average Bonchev–Trinajstić information content (AvgIpc) is 3.22. The molecule has 346 valence electrons. The normalized spacial score (nSPS) is 13.2. The summed E-state index contributed by atoms with van der Waals surface area (Å²) in [7, 11) is 0. The van der Waals surface area contributed by atoms with E-state index >= 15 is 0 Å². The molecule has 58 heavy (non-hydrogen) atoms. The van der Waals surface area contributed by atoms with Gasteiger partial charge in [-0.15, -0.1) is 0 Å². The van der Waals surface area contributed by atoms with Crippen molar-refractivity contribution in [2.75, 3.05) is 0 Å². The molecule has 2 unspecified atom stereocenters. The molecule has 0 saturated heterocycles. The van der Waals surface area contributed by atoms with Crippen LogP contribution in [0.25, 0.3) is 0 Å². The van der Waals surface area contributed by atoms with Crippen LogP contribution in [-0.2, 0) is 4.79 Å². The van der Waals surface area contributed by atoms with Gasteiger partial charge in [-0.1, -0.05) is 304 Å². The molecule has 0 fully saturated rings. The number of hydrogen-bond acceptors (Lipinski definition) is 1. The third kappa shape index (κ3) is 38.2. The number of carbonyl (C=O) groups is 1. The van der Waals surface area contributed by atoms with Crippen LogP contribution in [0.1, 0.15) is 323 Å². The van der Waals surface area contributed by atoms with Crippen molar-refractivity contribution in [3.05, 3.63) is 12.2 Å². The Morgan fingerprint density at radius 3 is 0.621 bits per heavy atom. The van der Waals surface area contributed by atoms with Crippen molar-refractivity contribution in [3.8, 4) is 0 Å². The van der Waals surface area contributed by atoms with Gasteiger partial charge in [0, 0.05) is 5.57 Å². The Kier molecular flexibility index (Phi) is 46.6. The van der Waals surface area contributed by atoms with Crippen LogP contribution in [0, 0.1) is 17.8 Å². The maximum absolute atomic E-state index is 12.9. The third-order valence-corrected chi connectivity index (χ3v) is 13.9. The summed E-state index contributed by atoms with van der Waals surface area (Å²) in [6.45, 7) is 13.6. The van der Waals surface area contributed by atoms with Gasteiger partial charge in [0.05, 0.1) is 0 Å². The lowest BCUT2D eigenvalue weighted by molar-refractivity contribution is -0.133. The molecule has 0 aliphatic rings. The van der Waals surface area contributed by atoms with E-state index in [4.69, 9.17) is 0 Å². The molecule has 0 rings (SSSR count). The van der Waals surface area contributed by atoms with Crippen molar-refractivity contribution in [2.45, 2.75) is 323 Å². The lowest BCUT2D eigenvalue weighted by Gasteiger charge is -2.35. The number of aliphatic carboxylic acids is 1. The lowest BCUT2D eigenvalue weighted by atomic mass is 9.69. The van der Waals surface area contributed by atoms with Crippen LogP contribution in [0.15, 0.2) is 12.2 Å². The summed E-state index contributed by atoms with van der Waals surface area (Å²) in [5.41, 5.74) is 0.556. The minimum Gasteiger partial charge on any atom is -0.478 e. The van der Waals surface area contributed by atoms with Gasteiger partial charge in [0.1, 0.15) is 0 Å². The number of carboxylic acids is 1. The Morgan fingerprint density at radius 2 is 0.466 bits per heavy atom. The van der Waals surface area contributed by atoms with Crippen LogP contribution >= 0.6 is 0 Å². The molecule has 0 aromatic rings. The highest BCUT2D eigenvalue weighted by atomic mass is 16.4. The second-order valence-corrected chi connectivity index (χ2v) is 19.5. The summed E-state index contributed by atoms with van der Waals surface area (Å²) in [6.07, 6.45) is 62.3. The van der Waals surface area contributed by atoms with Crippen molar-refractivity contribution >= 4 is 5.97 Å². The number of carboxylic acid groups (broad SMARTS) is 1. The summed E-state index contributed by atoms with van der Waals surface area (Å²) in [5.74, 6) is 0.402. The van der Waals surface area contributed by atoms with Crippen LogP contribution < -0.4 is 0 Å². The van der Waals surface area contributed by atoms with Crippen molar-refractivity contribution in [1.29, 1.82) is 0 Å². The molecule has 0 aromatic heterocycles. The Morgan fingerprint density at radius 1 is 0.310 bits per heavy atom. The number of rotatable bonds is 50. The van der Waals surface area contributed by atoms with E-state index in [9.17, 15) is 9.90 Å². The molecule has 0 saturated carbocycles. The van der Waals surface area contributed by atoms with Crippen LogP contribution in [0.3, 0.4) is 0 Å². The zero-order valence-electron chi connectivity index (χ0n) is 40.8. The Hall–Kier alpha value is -0.790. The molecule has 2 heteroatoms. The summed E-state index contributed by atoms with van der Waals surface area (Å²) in [6, 6.07) is 0. The molecule has 1 N–H and O–H groups in total. The summed E-state index contributed by atoms with van der Waals surface area (Å²) in [4.78, 5) is 12.9. The smallest absolute Gasteiger partial charge is 0.331 e. The first-order valence-corrected chi connectivity index (χ1v) is 27.4. The Balaban J connectivity index is 5.49. The molecule has 0 aromatic carbocycles. The van der Waals surface area contributed by atoms with Gasteiger partial charge in [-0.3, -0.25) is 0 Å². The van der Waals surface area contributed by atoms with Crippen LogP contribution in [0.5, 0.6) is 0 Å². The Labute approximate surface area is 367 Å². The van der Waals surface area contributed by atoms with E-state index in [1.54, 1.807) is 0 Å². The molecule has 0 radical (unpaired) electrons. The van der Waals surface area contributed by atoms with Crippen molar-refractivity contribution < 1.29 is 9.90 Å². The second kappa shape index (κ2) is 47.3. The van der Waals surface area contributed by atoms with E-state index in [1.165, 1.54) is 295 Å². The van der Waals surface area contributed by atoms with Crippen molar-refractivity contribution in [2.24, 2.45) is 17.8 Å². The molecular formula is C56H110O2. The first kappa shape index (κ1) is 57.2. The fourth-order valence-electron chi connectivity index (χ4n) is 10.0. The highest BCUT2D eigenvalue weighted by Gasteiger charge is 2.33. The quantitative estimate of drug-likeness (QED) is 0.0491. The maximum atomic E-state index is 12.9. The predicted molar refractivity (Wildman–Crippen MR) is 262 cm³/mol. The van der Waals surface area contributed by atoms with Crippen LogP contribution in [0.2, 0.25) is 0 Å². The minimum absolute atomic E-state index is 0.154. The van der Waals surface area contributed by atoms with Gasteiger partial charge in [-0.05, 0) is 43.4 Å². The van der Waals surface area contributed by atoms with Crippen molar-refractivity contribution in [3.63, 3.8) is 0 Å². The third-order valence-electron chi connectivity index (χ3n) is 13.9. The van der Waals surface area contributed by atoms with Gasteiger partial charge in [0.2, 0.25) is 0 Å². The van der Waals surface area contributed by atoms with E-state index in [2.05, 4.69) is 34.3 Å². The van der Waals surface area contributed by atoms with Gasteiger partial charge < -0.3 is 5.11 Å². The van der Waals surface area contributed by atoms with Gasteiger partial charge in [-0.25, -0.2) is 4.79 Å². The molecule has 0 spiro atoms. The lowest BCUT2D eigenvalue weighted by Crippen LogP contribution is -2.29. The zero-order chi connectivity index (χ0) is 42.4. The molecule has 0 heterocycles. The topological polar surface area (TPSA) is 37.3 Å². The molecular weight excluding hydrogens is 705 g/mol. The van der Waals surface area contributed by atoms with Crippen molar-refractivity contribution in [1.82, 2.24) is 0 Å². The fraction of sp³-hybridized carbons (Fsp3) is 0.946. The van der Waals surface area contributed by atoms with E-state index in [1.807, 2.05) is 0 Å². The first-order chi connectivity index (χ1) is 28.5. The van der Waals surface area contributed by atoms with E-state index in [-0.39, 0.29) is 5.92 Å². The van der Waals surface area contributed by atoms with E-state index in [0.717, 1.165) is 0 Å². The highest BCUT2D eigenvalue weighted by molar-refractivity contribution is 5.86. The maximum Gasteiger partial charge on any atom is 0.331 e. The second-order valence-electron chi connectivity index (χ2n) is 19.5. The van der Waals surface area contributed by atoms with E-state index < -0.39 is 5.97 Å². The average molecular weight is 815 g/mol. The van der Waals surface area contributed by atoms with Crippen LogP contribution in [0.4, 0.5) is 0 Å². The van der Waals surface area contributed by atoms with Gasteiger partial charge in [0.15, 0.2) is 0 Å². The van der Waals surface area contributed by atoms with Gasteiger partial charge in [0.25, 0.3) is 0 Å².